The highest BCUT2D eigenvalue weighted by Gasteiger charge is 2.28. The van der Waals surface area contributed by atoms with Crippen LogP contribution in [0.4, 0.5) is 4.79 Å². The standard InChI is InChI=1S/C13H14N2O2/c1-9(16)11-8-15(2)13(17)14-12(11)10-6-4-3-5-7-10/h3-8,12H,1-2H3,(H,14,17). The molecule has 0 bridgehead atoms. The molecule has 1 heterocycles. The molecule has 0 fully saturated rings. The Morgan fingerprint density at radius 3 is 2.53 bits per heavy atom. The Kier molecular flexibility index (Phi) is 2.95. The number of Topliss-reactive ketones (excluding diaryl/α,β-unsaturated/α-hetero) is 1. The Hall–Kier alpha value is -2.10. The smallest absolute Gasteiger partial charge is 0.321 e. The summed E-state index contributed by atoms with van der Waals surface area (Å²) >= 11 is 0. The van der Waals surface area contributed by atoms with Crippen LogP contribution in [-0.2, 0) is 4.79 Å². The molecule has 4 nitrogen and oxygen atoms in total. The lowest BCUT2D eigenvalue weighted by atomic mass is 9.95. The lowest BCUT2D eigenvalue weighted by Gasteiger charge is -2.29. The van der Waals surface area contributed by atoms with Crippen LogP contribution in [0, 0.1) is 0 Å². The van der Waals surface area contributed by atoms with Gasteiger partial charge in [0.1, 0.15) is 0 Å². The van der Waals surface area contributed by atoms with Crippen molar-refractivity contribution in [3.8, 4) is 0 Å². The quantitative estimate of drug-likeness (QED) is 0.843. The summed E-state index contributed by atoms with van der Waals surface area (Å²) in [7, 11) is 1.62. The molecule has 0 spiro atoms. The summed E-state index contributed by atoms with van der Waals surface area (Å²) in [6, 6.07) is 8.91. The predicted molar refractivity (Wildman–Crippen MR) is 64.2 cm³/mol. The van der Waals surface area contributed by atoms with Gasteiger partial charge in [-0.3, -0.25) is 4.79 Å². The number of urea groups is 1. The zero-order chi connectivity index (χ0) is 12.4. The largest absolute Gasteiger partial charge is 0.327 e. The number of nitrogens with zero attached hydrogens (tertiary/aromatic N) is 1. The van der Waals surface area contributed by atoms with Gasteiger partial charge in [0, 0.05) is 18.8 Å². The van der Waals surface area contributed by atoms with E-state index < -0.39 is 0 Å². The number of nitrogens with one attached hydrogen (secondary N) is 1. The van der Waals surface area contributed by atoms with E-state index in [2.05, 4.69) is 5.32 Å². The molecule has 2 amide bonds. The van der Waals surface area contributed by atoms with Gasteiger partial charge in [0.25, 0.3) is 0 Å². The van der Waals surface area contributed by atoms with Gasteiger partial charge in [0.2, 0.25) is 0 Å². The minimum Gasteiger partial charge on any atom is -0.327 e. The van der Waals surface area contributed by atoms with Crippen LogP contribution in [0.3, 0.4) is 0 Å². The first kappa shape index (κ1) is 11.4. The summed E-state index contributed by atoms with van der Waals surface area (Å²) in [4.78, 5) is 24.6. The summed E-state index contributed by atoms with van der Waals surface area (Å²) in [5, 5.41) is 2.81. The first-order valence-corrected chi connectivity index (χ1v) is 5.40. The molecule has 0 saturated carbocycles. The van der Waals surface area contributed by atoms with Crippen molar-refractivity contribution in [1.29, 1.82) is 0 Å². The van der Waals surface area contributed by atoms with Gasteiger partial charge >= 0.3 is 6.03 Å². The summed E-state index contributed by atoms with van der Waals surface area (Å²) in [6.45, 7) is 1.51. The zero-order valence-corrected chi connectivity index (χ0v) is 9.81. The SMILES string of the molecule is CC(=O)C1=CN(C)C(=O)NC1c1ccccc1. The van der Waals surface area contributed by atoms with Crippen molar-refractivity contribution in [2.45, 2.75) is 13.0 Å². The van der Waals surface area contributed by atoms with Crippen LogP contribution in [0.25, 0.3) is 0 Å². The van der Waals surface area contributed by atoms with Crippen molar-refractivity contribution in [2.24, 2.45) is 0 Å². The number of carbonyl (C=O) groups is 2. The van der Waals surface area contributed by atoms with Crippen molar-refractivity contribution >= 4 is 11.8 Å². The monoisotopic (exact) mass is 230 g/mol. The van der Waals surface area contributed by atoms with Gasteiger partial charge in [0.05, 0.1) is 6.04 Å². The first-order valence-electron chi connectivity index (χ1n) is 5.40. The van der Waals surface area contributed by atoms with Crippen LogP contribution >= 0.6 is 0 Å². The molecule has 4 heteroatoms. The van der Waals surface area contributed by atoms with E-state index in [1.54, 1.807) is 13.2 Å². The van der Waals surface area contributed by atoms with Crippen molar-refractivity contribution in [3.63, 3.8) is 0 Å². The van der Waals surface area contributed by atoms with Crippen LogP contribution < -0.4 is 5.32 Å². The van der Waals surface area contributed by atoms with Gasteiger partial charge in [-0.05, 0) is 12.5 Å². The minimum atomic E-state index is -0.350. The van der Waals surface area contributed by atoms with Gasteiger partial charge in [-0.15, -0.1) is 0 Å². The third-order valence-corrected chi connectivity index (χ3v) is 2.77. The van der Waals surface area contributed by atoms with E-state index >= 15 is 0 Å². The molecule has 1 N–H and O–H groups in total. The van der Waals surface area contributed by atoms with Crippen LogP contribution in [0.2, 0.25) is 0 Å². The Balaban J connectivity index is 2.42. The number of benzene rings is 1. The van der Waals surface area contributed by atoms with E-state index in [9.17, 15) is 9.59 Å². The average molecular weight is 230 g/mol. The van der Waals surface area contributed by atoms with E-state index in [0.29, 0.717) is 5.57 Å². The second kappa shape index (κ2) is 4.41. The fourth-order valence-corrected chi connectivity index (χ4v) is 1.85. The van der Waals surface area contributed by atoms with E-state index in [1.165, 1.54) is 11.8 Å². The first-order chi connectivity index (χ1) is 8.09. The molecule has 1 atom stereocenters. The van der Waals surface area contributed by atoms with E-state index in [1.807, 2.05) is 30.3 Å². The van der Waals surface area contributed by atoms with Gasteiger partial charge in [0.15, 0.2) is 5.78 Å². The van der Waals surface area contributed by atoms with Crippen LogP contribution in [0.15, 0.2) is 42.1 Å². The van der Waals surface area contributed by atoms with Crippen LogP contribution in [0.5, 0.6) is 0 Å². The lowest BCUT2D eigenvalue weighted by Crippen LogP contribution is -2.43. The Labute approximate surface area is 99.9 Å². The van der Waals surface area contributed by atoms with Crippen molar-refractivity contribution in [2.75, 3.05) is 7.05 Å². The minimum absolute atomic E-state index is 0.0364. The summed E-state index contributed by atoms with van der Waals surface area (Å²) in [6.07, 6.45) is 1.60. The Morgan fingerprint density at radius 2 is 1.94 bits per heavy atom. The number of hydrogen-bond acceptors (Lipinski definition) is 2. The normalized spacial score (nSPS) is 19.6. The summed E-state index contributed by atoms with van der Waals surface area (Å²) < 4.78 is 0. The van der Waals surface area contributed by atoms with Crippen LogP contribution in [0.1, 0.15) is 18.5 Å². The molecular weight excluding hydrogens is 216 g/mol. The van der Waals surface area contributed by atoms with Gasteiger partial charge in [-0.2, -0.15) is 0 Å². The average Bonchev–Trinajstić information content (AvgIpc) is 2.33. The number of hydrogen-bond donors (Lipinski definition) is 1. The number of carbonyl (C=O) groups excluding carboxylic acids is 2. The number of amides is 2. The van der Waals surface area contributed by atoms with Crippen molar-refractivity contribution < 1.29 is 9.59 Å². The number of ketones is 1. The predicted octanol–water partition coefficient (Wildman–Crippen LogP) is 1.86. The highest BCUT2D eigenvalue weighted by atomic mass is 16.2. The molecule has 0 aromatic heterocycles. The van der Waals surface area contributed by atoms with Crippen LogP contribution in [-0.4, -0.2) is 23.8 Å². The highest BCUT2D eigenvalue weighted by Crippen LogP contribution is 2.25. The third-order valence-electron chi connectivity index (χ3n) is 2.77. The topological polar surface area (TPSA) is 49.4 Å². The second-order valence-electron chi connectivity index (χ2n) is 4.04. The molecule has 17 heavy (non-hydrogen) atoms. The lowest BCUT2D eigenvalue weighted by molar-refractivity contribution is -0.114. The van der Waals surface area contributed by atoms with Gasteiger partial charge in [-0.1, -0.05) is 30.3 Å². The van der Waals surface area contributed by atoms with Crippen molar-refractivity contribution in [3.05, 3.63) is 47.7 Å². The fraction of sp³-hybridized carbons (Fsp3) is 0.231. The molecule has 1 aromatic rings. The van der Waals surface area contributed by atoms with Gasteiger partial charge < -0.3 is 10.2 Å². The van der Waals surface area contributed by atoms with Crippen molar-refractivity contribution in [1.82, 2.24) is 10.2 Å². The van der Waals surface area contributed by atoms with E-state index in [0.717, 1.165) is 5.56 Å². The molecule has 1 aliphatic heterocycles. The molecule has 0 radical (unpaired) electrons. The zero-order valence-electron chi connectivity index (χ0n) is 9.81. The molecule has 2 rings (SSSR count). The molecule has 0 aliphatic carbocycles. The van der Waals surface area contributed by atoms with Gasteiger partial charge in [-0.25, -0.2) is 4.79 Å². The molecule has 0 saturated heterocycles. The molecule has 88 valence electrons. The fourth-order valence-electron chi connectivity index (χ4n) is 1.85. The molecule has 1 aliphatic rings. The maximum atomic E-state index is 11.6. The maximum absolute atomic E-state index is 11.6. The molecular formula is C13H14N2O2. The highest BCUT2D eigenvalue weighted by molar-refractivity contribution is 5.97. The Bertz CT molecular complexity index is 479. The number of rotatable bonds is 2. The Morgan fingerprint density at radius 1 is 1.29 bits per heavy atom. The molecule has 1 unspecified atom stereocenters. The summed E-state index contributed by atoms with van der Waals surface area (Å²) in [5.41, 5.74) is 1.51. The second-order valence-corrected chi connectivity index (χ2v) is 4.04. The maximum Gasteiger partial charge on any atom is 0.321 e. The van der Waals surface area contributed by atoms with E-state index in [4.69, 9.17) is 0 Å². The van der Waals surface area contributed by atoms with E-state index in [-0.39, 0.29) is 17.9 Å². The summed E-state index contributed by atoms with van der Waals surface area (Å²) in [5.74, 6) is -0.0364. The third kappa shape index (κ3) is 2.20. The molecule has 1 aromatic carbocycles.